The molecule has 2 aromatic heterocycles. The zero-order valence-corrected chi connectivity index (χ0v) is 44.8. The van der Waals surface area contributed by atoms with Crippen molar-refractivity contribution in [1.82, 2.24) is 9.97 Å². The number of fused-ring (bicyclic) bond motifs is 8. The molecule has 0 atom stereocenters. The normalized spacial score (nSPS) is 11.7. The number of rotatable bonds is 8. The summed E-state index contributed by atoms with van der Waals surface area (Å²) in [6, 6.07) is 106. The minimum Gasteiger partial charge on any atom is -0.227 e. The fourth-order valence-electron chi connectivity index (χ4n) is 12.8. The van der Waals surface area contributed by atoms with Crippen molar-refractivity contribution in [2.75, 3.05) is 0 Å². The molecule has 0 fully saturated rings. The lowest BCUT2D eigenvalue weighted by atomic mass is 9.85. The van der Waals surface area contributed by atoms with E-state index in [1.807, 2.05) is 11.3 Å². The summed E-state index contributed by atoms with van der Waals surface area (Å²) >= 11 is 1.87. The minimum atomic E-state index is 0.664. The van der Waals surface area contributed by atoms with E-state index in [9.17, 15) is 0 Å². The highest BCUT2D eigenvalue weighted by atomic mass is 32.1. The summed E-state index contributed by atoms with van der Waals surface area (Å²) in [4.78, 5) is 12.7. The van der Waals surface area contributed by atoms with Crippen molar-refractivity contribution in [2.45, 2.75) is 0 Å². The predicted octanol–water partition coefficient (Wildman–Crippen LogP) is 21.9. The molecule has 0 saturated carbocycles. The maximum atomic E-state index is 5.69. The van der Waals surface area contributed by atoms with Gasteiger partial charge in [0.15, 0.2) is 5.82 Å². The van der Waals surface area contributed by atoms with E-state index in [-0.39, 0.29) is 0 Å². The van der Waals surface area contributed by atoms with Crippen molar-refractivity contribution < 1.29 is 0 Å². The highest BCUT2D eigenvalue weighted by molar-refractivity contribution is 7.22. The quantitative estimate of drug-likeness (QED) is 0.112. The lowest BCUT2D eigenvalue weighted by molar-refractivity contribution is 1.18. The molecule has 0 radical (unpaired) electrons. The van der Waals surface area contributed by atoms with E-state index in [4.69, 9.17) is 9.97 Å². The summed E-state index contributed by atoms with van der Waals surface area (Å²) in [5.74, 6) is 0.664. The third kappa shape index (κ3) is 7.85. The first-order valence-electron chi connectivity index (χ1n) is 27.7. The van der Waals surface area contributed by atoms with E-state index in [1.165, 1.54) is 107 Å². The molecule has 0 amide bonds. The highest BCUT2D eigenvalue weighted by Gasteiger charge is 2.24. The van der Waals surface area contributed by atoms with Crippen LogP contribution in [0.3, 0.4) is 0 Å². The monoisotopic (exact) mass is 1040 g/mol. The van der Waals surface area contributed by atoms with Crippen LogP contribution in [-0.2, 0) is 0 Å². The van der Waals surface area contributed by atoms with Gasteiger partial charge in [-0.25, -0.2) is 9.97 Å². The molecular formula is C78H48N2S. The Balaban J connectivity index is 0.888. The molecule has 0 aliphatic heterocycles. The number of hydrogen-bond acceptors (Lipinski definition) is 3. The van der Waals surface area contributed by atoms with Gasteiger partial charge in [-0.2, -0.15) is 0 Å². The van der Waals surface area contributed by atoms with Crippen LogP contribution in [0.5, 0.6) is 0 Å². The van der Waals surface area contributed by atoms with E-state index in [1.54, 1.807) is 0 Å². The van der Waals surface area contributed by atoms with Crippen molar-refractivity contribution in [2.24, 2.45) is 0 Å². The van der Waals surface area contributed by atoms with Crippen LogP contribution in [0.4, 0.5) is 0 Å². The van der Waals surface area contributed by atoms with Gasteiger partial charge in [0.05, 0.1) is 11.4 Å². The van der Waals surface area contributed by atoms with Crippen LogP contribution in [-0.4, -0.2) is 9.97 Å². The third-order valence-corrected chi connectivity index (χ3v) is 17.6. The molecule has 14 aromatic carbocycles. The van der Waals surface area contributed by atoms with Gasteiger partial charge < -0.3 is 0 Å². The van der Waals surface area contributed by atoms with Gasteiger partial charge in [-0.1, -0.05) is 261 Å². The summed E-state index contributed by atoms with van der Waals surface area (Å²) in [6.07, 6.45) is 0. The van der Waals surface area contributed by atoms with Crippen LogP contribution in [0.2, 0.25) is 0 Å². The number of aromatic nitrogens is 2. The number of nitrogens with zero attached hydrogens (tertiary/aromatic N) is 2. The minimum absolute atomic E-state index is 0.664. The first-order valence-corrected chi connectivity index (χ1v) is 28.5. The predicted molar refractivity (Wildman–Crippen MR) is 346 cm³/mol. The summed E-state index contributed by atoms with van der Waals surface area (Å²) in [6.45, 7) is 0. The lowest BCUT2D eigenvalue weighted by Crippen LogP contribution is -2.01. The van der Waals surface area contributed by atoms with Crippen LogP contribution in [0.1, 0.15) is 0 Å². The smallest absolute Gasteiger partial charge is 0.160 e. The molecule has 376 valence electrons. The van der Waals surface area contributed by atoms with E-state index >= 15 is 0 Å². The number of thiophene rings is 1. The Kier molecular flexibility index (Phi) is 11.1. The van der Waals surface area contributed by atoms with E-state index in [0.717, 1.165) is 50.3 Å². The Hall–Kier alpha value is -10.3. The Morgan fingerprint density at radius 2 is 0.568 bits per heavy atom. The molecule has 3 heteroatoms. The summed E-state index contributed by atoms with van der Waals surface area (Å²) < 4.78 is 1.29. The van der Waals surface area contributed by atoms with Gasteiger partial charge >= 0.3 is 0 Å². The Morgan fingerprint density at radius 1 is 0.210 bits per heavy atom. The van der Waals surface area contributed by atoms with Gasteiger partial charge in [-0.15, -0.1) is 11.3 Å². The van der Waals surface area contributed by atoms with Crippen molar-refractivity contribution in [3.8, 4) is 88.9 Å². The topological polar surface area (TPSA) is 25.8 Å². The van der Waals surface area contributed by atoms with Crippen LogP contribution in [0, 0.1) is 0 Å². The van der Waals surface area contributed by atoms with E-state index in [2.05, 4.69) is 291 Å². The molecule has 0 bridgehead atoms. The number of hydrogen-bond donors (Lipinski definition) is 0. The lowest BCUT2D eigenvalue weighted by Gasteiger charge is -2.20. The standard InChI is InChI=1S/C78H48N2S/c1-3-22-51(23-4-1)76-74(56-29-19-27-54(45-56)71-64-36-14-16-38-66(64)75(67-39-17-15-37-65(67)71)70-48-53-26-8-18-40-69(53)81-70)77(52-24-5-2-6-25-52)80-78(79-76)58-30-20-28-55(46-58)72-60-32-10-12-34-62(60)73(63-35-13-11-33-61(63)72)57-44-43-50-42-41-49-21-7-9-31-59(49)68(50)47-57/h1-48H. The summed E-state index contributed by atoms with van der Waals surface area (Å²) in [5, 5.41) is 16.0. The van der Waals surface area contributed by atoms with Crippen LogP contribution < -0.4 is 0 Å². The second kappa shape index (κ2) is 19.2. The molecule has 0 spiro atoms. The average Bonchev–Trinajstić information content (AvgIpc) is 4.20. The molecule has 0 aliphatic rings. The van der Waals surface area contributed by atoms with Crippen molar-refractivity contribution in [3.05, 3.63) is 291 Å². The number of benzene rings is 14. The van der Waals surface area contributed by atoms with Crippen LogP contribution in [0.25, 0.3) is 164 Å². The highest BCUT2D eigenvalue weighted by Crippen LogP contribution is 2.49. The SMILES string of the molecule is c1ccc(-c2nc(-c3cccc(-c4c5ccccc5c(-c5ccc6ccc7ccccc7c6c5)c5ccccc45)c3)nc(-c3ccccc3)c2-c2cccc(-c3c4ccccc4c(-c4cc5ccccc5s4)c4ccccc34)c2)cc1. The molecule has 0 saturated heterocycles. The second-order valence-corrected chi connectivity index (χ2v) is 22.2. The zero-order valence-electron chi connectivity index (χ0n) is 44.0. The zero-order chi connectivity index (χ0) is 53.4. The van der Waals surface area contributed by atoms with Gasteiger partial charge in [0.25, 0.3) is 0 Å². The van der Waals surface area contributed by atoms with Crippen LogP contribution >= 0.6 is 11.3 Å². The van der Waals surface area contributed by atoms with E-state index in [0.29, 0.717) is 5.82 Å². The summed E-state index contributed by atoms with van der Waals surface area (Å²) in [7, 11) is 0. The maximum Gasteiger partial charge on any atom is 0.160 e. The Labute approximate surface area is 473 Å². The average molecular weight is 1050 g/mol. The fourth-order valence-corrected chi connectivity index (χ4v) is 14.0. The largest absolute Gasteiger partial charge is 0.227 e. The Morgan fingerprint density at radius 3 is 1.07 bits per heavy atom. The molecule has 0 N–H and O–H groups in total. The van der Waals surface area contributed by atoms with Gasteiger partial charge in [0.1, 0.15) is 0 Å². The molecule has 0 aliphatic carbocycles. The molecular weight excluding hydrogens is 997 g/mol. The van der Waals surface area contributed by atoms with Crippen molar-refractivity contribution >= 4 is 86.1 Å². The molecule has 16 rings (SSSR count). The summed E-state index contributed by atoms with van der Waals surface area (Å²) in [5.41, 5.74) is 15.1. The molecule has 2 heterocycles. The first kappa shape index (κ1) is 46.7. The molecule has 2 nitrogen and oxygen atoms in total. The van der Waals surface area contributed by atoms with Crippen LogP contribution in [0.15, 0.2) is 291 Å². The molecule has 81 heavy (non-hydrogen) atoms. The second-order valence-electron chi connectivity index (χ2n) is 21.1. The third-order valence-electron chi connectivity index (χ3n) is 16.4. The van der Waals surface area contributed by atoms with Gasteiger partial charge in [0.2, 0.25) is 0 Å². The Bertz CT molecular complexity index is 4960. The van der Waals surface area contributed by atoms with Crippen molar-refractivity contribution in [1.29, 1.82) is 0 Å². The van der Waals surface area contributed by atoms with E-state index < -0.39 is 0 Å². The molecule has 0 unspecified atom stereocenters. The van der Waals surface area contributed by atoms with Gasteiger partial charge in [-0.05, 0) is 139 Å². The maximum absolute atomic E-state index is 5.69. The van der Waals surface area contributed by atoms with Crippen molar-refractivity contribution in [3.63, 3.8) is 0 Å². The van der Waals surface area contributed by atoms with Gasteiger partial charge in [0, 0.05) is 37.4 Å². The molecule has 16 aromatic rings. The van der Waals surface area contributed by atoms with Gasteiger partial charge in [-0.3, -0.25) is 0 Å². The first-order chi connectivity index (χ1) is 40.2. The fraction of sp³-hybridized carbons (Fsp3) is 0.